The molecule has 0 unspecified atom stereocenters. The van der Waals surface area contributed by atoms with Gasteiger partial charge in [-0.05, 0) is 93.0 Å². The van der Waals surface area contributed by atoms with E-state index in [9.17, 15) is 67.5 Å². The molecule has 93 heavy (non-hydrogen) atoms. The number of rotatable bonds is 18. The molecule has 7 N–H and O–H groups in total. The third-order valence-electron chi connectivity index (χ3n) is 14.5. The van der Waals surface area contributed by atoms with Gasteiger partial charge < -0.3 is 46.4 Å². The van der Waals surface area contributed by atoms with Crippen molar-refractivity contribution in [2.24, 2.45) is 29.7 Å². The Hall–Kier alpha value is -6.40. The molecule has 0 bridgehead atoms. The molecule has 0 radical (unpaired) electrons. The molecule has 2 saturated carbocycles. The Kier molecular flexibility index (Phi) is 29.0. The summed E-state index contributed by atoms with van der Waals surface area (Å²) in [7, 11) is 2.99. The SMILES string of the molecule is CC(C)(C)C(=O)NCc1ccc(Cl)c(SC#N)c1Cl.CNc1nc(OCC(F)F)c(C(=O)NC2CCC(C(F)(F)F)CC2)cc1N.Cn1c(Cc2c(F)ccc(CNC(=O)C(C)(C)C)c2F)nc2cc(C(=O)NC3CCC(C(F)(F)F)CC3)c(OCC(F)F)nc21.[2H][I-]C. The summed E-state index contributed by atoms with van der Waals surface area (Å²) >= 11 is 12.9. The summed E-state index contributed by atoms with van der Waals surface area (Å²) in [6.45, 7) is 8.66. The van der Waals surface area contributed by atoms with Crippen LogP contribution in [0.1, 0.15) is 136 Å². The van der Waals surface area contributed by atoms with E-state index in [1.807, 2.05) is 31.1 Å². The number of imidazole rings is 1. The molecule has 0 aliphatic heterocycles. The van der Waals surface area contributed by atoms with E-state index in [2.05, 4.69) is 41.5 Å². The first-order valence-corrected chi connectivity index (χ1v) is 32.4. The number of nitrogen functional groups attached to an aromatic ring is 1. The van der Waals surface area contributed by atoms with E-state index < -0.39 is 102 Å². The van der Waals surface area contributed by atoms with Gasteiger partial charge >= 0.3 is 40.3 Å². The van der Waals surface area contributed by atoms with Crippen molar-refractivity contribution in [2.75, 3.05) is 36.2 Å². The molecule has 3 heterocycles. The first-order valence-electron chi connectivity index (χ1n) is 29.1. The van der Waals surface area contributed by atoms with E-state index in [-0.39, 0.29) is 155 Å². The number of fused-ring (bicyclic) bond motifs is 1. The number of aryl methyl sites for hydroxylation is 1. The number of nitriles is 1. The van der Waals surface area contributed by atoms with Crippen molar-refractivity contribution in [3.8, 4) is 17.2 Å². The number of nitrogens with one attached hydrogen (secondary N) is 5. The summed E-state index contributed by atoms with van der Waals surface area (Å²) in [5.74, 6) is -6.94. The van der Waals surface area contributed by atoms with E-state index in [1.54, 1.807) is 32.9 Å². The third kappa shape index (κ3) is 23.2. The van der Waals surface area contributed by atoms with Gasteiger partial charge in [0.2, 0.25) is 23.6 Å². The number of amides is 4. The number of alkyl halides is 11. The van der Waals surface area contributed by atoms with Crippen molar-refractivity contribution >= 4 is 81.3 Å². The molecule has 0 atom stereocenters. The second-order valence-electron chi connectivity index (χ2n) is 23.4. The Morgan fingerprint density at radius 2 is 1.20 bits per heavy atom. The molecule has 4 amide bonds. The van der Waals surface area contributed by atoms with Crippen LogP contribution in [0.5, 0.6) is 11.8 Å². The number of halogens is 15. The number of aromatic nitrogens is 4. The number of ether oxygens (including phenoxy) is 2. The monoisotopic (exact) mass is 1500 g/mol. The first kappa shape index (κ1) is 77.3. The number of benzene rings is 2. The third-order valence-corrected chi connectivity index (χ3v) is 16.2. The predicted octanol–water partition coefficient (Wildman–Crippen LogP) is 10.3. The number of thioether (sulfide) groups is 1. The molecule has 0 spiro atoms. The fourth-order valence-electron chi connectivity index (χ4n) is 9.33. The van der Waals surface area contributed by atoms with E-state index >= 15 is 4.39 Å². The Balaban J connectivity index is 0.000000325. The number of hydrogen-bond donors (Lipinski definition) is 6. The predicted molar refractivity (Wildman–Crippen MR) is 325 cm³/mol. The number of carbonyl (C=O) groups excluding carboxylic acids is 4. The topological polar surface area (TPSA) is 240 Å². The Labute approximate surface area is 558 Å². The van der Waals surface area contributed by atoms with Gasteiger partial charge in [0.15, 0.2) is 24.7 Å². The molecule has 3 aromatic heterocycles. The summed E-state index contributed by atoms with van der Waals surface area (Å²) < 4.78 is 176. The van der Waals surface area contributed by atoms with Crippen molar-refractivity contribution < 1.29 is 104 Å². The fraction of sp³-hybridized carbons (Fsp3) is 0.533. The van der Waals surface area contributed by atoms with Crippen LogP contribution in [0.3, 0.4) is 0 Å². The molecule has 2 fully saturated rings. The molecular formula is C60H73Cl2F12IN11O6S-. The molecular weight excluding hydrogens is 1430 g/mol. The standard InChI is InChI=1S/C30H34F7N5O3.C16H21F5N4O2.C13H14Cl2N2OS.CH4I/c1-29(2,3)28(44)38-13-15-5-10-20(31)18(24(15)34)12-23-40-21-11-19(27(45-14-22(32)33)41-25(21)42(23)4)26(43)39-17-8-6-16(7-9-17)30(35,36)37;1-23-13-11(22)6-10(15(25-13)27-7-12(17)18)14(26)24-9-4-2-8(3-5-9)16(19,20)21;1-13(2,3)12(18)17-6-8-4-5-9(14)11(10(8)15)19-7-16;1-2/h5,10-11,16-17,22H,6-9,12-14H2,1-4H3,(H,38,44)(H,39,43);6,8-9,12H,2-5,7,22H2,1H3,(H,23,25)(H,24,26);4-5H,6H2,1-3H3,(H,17,18);2H,1H3/q;;;-1/i;;;2D. The maximum atomic E-state index is 15.4. The van der Waals surface area contributed by atoms with Gasteiger partial charge in [-0.2, -0.15) is 41.6 Å². The fourth-order valence-corrected chi connectivity index (χ4v) is 10.5. The van der Waals surface area contributed by atoms with Crippen molar-refractivity contribution in [3.05, 3.63) is 91.7 Å². The van der Waals surface area contributed by atoms with E-state index in [4.69, 9.17) is 44.3 Å². The maximum absolute atomic E-state index is 15.4. The zero-order chi connectivity index (χ0) is 70.8. The van der Waals surface area contributed by atoms with Gasteiger partial charge in [-0.25, -0.2) is 31.3 Å². The molecule has 0 saturated heterocycles. The van der Waals surface area contributed by atoms with Gasteiger partial charge in [-0.1, -0.05) is 76.9 Å². The van der Waals surface area contributed by atoms with Crippen LogP contribution < -0.4 is 64.2 Å². The number of hydrogen-bond acceptors (Lipinski definition) is 13. The quantitative estimate of drug-likeness (QED) is 0.0158. The Morgan fingerprint density at radius 1 is 0.753 bits per heavy atom. The summed E-state index contributed by atoms with van der Waals surface area (Å²) in [5, 5.41) is 24.8. The molecule has 5 aromatic rings. The zero-order valence-electron chi connectivity index (χ0n) is 53.0. The van der Waals surface area contributed by atoms with Gasteiger partial charge in [-0.3, -0.25) is 19.2 Å². The van der Waals surface area contributed by atoms with Crippen LogP contribution in [0.25, 0.3) is 11.2 Å². The van der Waals surface area contributed by atoms with Crippen LogP contribution in [-0.4, -0.2) is 106 Å². The number of pyridine rings is 2. The molecule has 2 aliphatic carbocycles. The normalized spacial score (nSPS) is 16.9. The molecule has 516 valence electrons. The summed E-state index contributed by atoms with van der Waals surface area (Å²) in [6, 6.07) is 7.13. The van der Waals surface area contributed by atoms with Crippen molar-refractivity contribution in [1.82, 2.24) is 40.8 Å². The summed E-state index contributed by atoms with van der Waals surface area (Å²) in [5.41, 5.74) is 4.89. The van der Waals surface area contributed by atoms with Crippen LogP contribution in [0.4, 0.5) is 64.2 Å². The van der Waals surface area contributed by atoms with Gasteiger partial charge in [0, 0.05) is 67.6 Å². The number of nitrogens with two attached hydrogens (primary N) is 1. The number of nitrogens with zero attached hydrogens (tertiary/aromatic N) is 5. The van der Waals surface area contributed by atoms with Gasteiger partial charge in [0.05, 0.1) is 32.5 Å². The van der Waals surface area contributed by atoms with Crippen LogP contribution in [-0.2, 0) is 36.1 Å². The molecule has 2 aliphatic rings. The van der Waals surface area contributed by atoms with E-state index in [0.717, 1.165) is 23.4 Å². The van der Waals surface area contributed by atoms with Crippen molar-refractivity contribution in [3.63, 3.8) is 0 Å². The second kappa shape index (κ2) is 34.8. The zero-order valence-corrected chi connectivity index (χ0v) is 56.4. The van der Waals surface area contributed by atoms with Gasteiger partial charge in [-0.15, -0.1) is 0 Å². The summed E-state index contributed by atoms with van der Waals surface area (Å²) in [4.78, 5) is 64.6. The molecule has 2 aromatic carbocycles. The summed E-state index contributed by atoms with van der Waals surface area (Å²) in [6.07, 6.45) is -14.6. The average Bonchev–Trinajstić information content (AvgIpc) is 1.60. The van der Waals surface area contributed by atoms with Crippen molar-refractivity contribution in [2.45, 2.75) is 155 Å². The molecule has 33 heteroatoms. The van der Waals surface area contributed by atoms with E-state index in [1.165, 1.54) is 36.9 Å². The number of anilines is 2. The van der Waals surface area contributed by atoms with E-state index in [0.29, 0.717) is 21.5 Å². The van der Waals surface area contributed by atoms with Crippen LogP contribution >= 0.6 is 35.0 Å². The molecule has 17 nitrogen and oxygen atoms in total. The van der Waals surface area contributed by atoms with Crippen LogP contribution in [0, 0.1) is 45.0 Å². The minimum absolute atomic E-state index is 0.0480. The Bertz CT molecular complexity index is 3450. The van der Waals surface area contributed by atoms with Crippen molar-refractivity contribution in [1.29, 1.82) is 5.86 Å². The van der Waals surface area contributed by atoms with Crippen LogP contribution in [0.15, 0.2) is 41.3 Å². The van der Waals surface area contributed by atoms with Gasteiger partial charge in [0.25, 0.3) is 24.7 Å². The number of thiocyanates is 1. The molecule has 7 rings (SSSR count). The second-order valence-corrected chi connectivity index (χ2v) is 25.0. The average molecular weight is 1500 g/mol. The number of carbonyl (C=O) groups is 4. The minimum atomic E-state index is -4.33. The van der Waals surface area contributed by atoms with Crippen LogP contribution in [0.2, 0.25) is 10.0 Å². The first-order chi connectivity index (χ1) is 43.7. The Morgan fingerprint density at radius 3 is 1.65 bits per heavy atom. The van der Waals surface area contributed by atoms with Gasteiger partial charge in [0.1, 0.15) is 39.5 Å².